The largest absolute Gasteiger partial charge is 0.457 e. The van der Waals surface area contributed by atoms with E-state index in [9.17, 15) is 18.0 Å². The van der Waals surface area contributed by atoms with Gasteiger partial charge in [0.2, 0.25) is 11.8 Å². The highest BCUT2D eigenvalue weighted by molar-refractivity contribution is 7.92. The van der Waals surface area contributed by atoms with Crippen LogP contribution in [0.1, 0.15) is 16.7 Å². The maximum Gasteiger partial charge on any atom is 0.264 e. The van der Waals surface area contributed by atoms with E-state index in [2.05, 4.69) is 5.32 Å². The van der Waals surface area contributed by atoms with Crippen LogP contribution in [0.4, 0.5) is 5.69 Å². The molecule has 5 aromatic carbocycles. The van der Waals surface area contributed by atoms with Gasteiger partial charge in [0.05, 0.1) is 10.6 Å². The highest BCUT2D eigenvalue weighted by atomic mass is 32.2. The Morgan fingerprint density at radius 2 is 1.23 bits per heavy atom. The maximum atomic E-state index is 14.4. The van der Waals surface area contributed by atoms with E-state index < -0.39 is 28.5 Å². The summed E-state index contributed by atoms with van der Waals surface area (Å²) in [5.74, 6) is 0.258. The lowest BCUT2D eigenvalue weighted by Crippen LogP contribution is -2.53. The lowest BCUT2D eigenvalue weighted by Gasteiger charge is -2.33. The fourth-order valence-corrected chi connectivity index (χ4v) is 6.59. The lowest BCUT2D eigenvalue weighted by atomic mass is 10.0. The Morgan fingerprint density at radius 3 is 1.81 bits per heavy atom. The molecule has 0 aromatic heterocycles. The van der Waals surface area contributed by atoms with E-state index in [4.69, 9.17) is 4.74 Å². The van der Waals surface area contributed by atoms with Crippen LogP contribution in [-0.2, 0) is 32.6 Å². The highest BCUT2D eigenvalue weighted by Gasteiger charge is 2.34. The number of para-hydroxylation sites is 1. The topological polar surface area (TPSA) is 96.0 Å². The van der Waals surface area contributed by atoms with Crippen molar-refractivity contribution >= 4 is 27.5 Å². The Bertz CT molecular complexity index is 1870. The summed E-state index contributed by atoms with van der Waals surface area (Å²) < 4.78 is 35.5. The first-order valence-corrected chi connectivity index (χ1v) is 16.7. The molecule has 0 aliphatic carbocycles. The van der Waals surface area contributed by atoms with Crippen LogP contribution in [0, 0.1) is 6.92 Å². The van der Waals surface area contributed by atoms with Gasteiger partial charge < -0.3 is 15.0 Å². The minimum Gasteiger partial charge on any atom is -0.457 e. The first-order valence-electron chi connectivity index (χ1n) is 15.3. The molecule has 0 saturated heterocycles. The van der Waals surface area contributed by atoms with Gasteiger partial charge in [0.1, 0.15) is 24.1 Å². The molecule has 0 fully saturated rings. The van der Waals surface area contributed by atoms with Crippen LogP contribution in [0.5, 0.6) is 11.5 Å². The molecule has 0 spiro atoms. The molecular formula is C38H37N3O5S. The van der Waals surface area contributed by atoms with Gasteiger partial charge >= 0.3 is 0 Å². The Morgan fingerprint density at radius 1 is 0.702 bits per heavy atom. The zero-order chi connectivity index (χ0) is 33.2. The summed E-state index contributed by atoms with van der Waals surface area (Å²) in [6.45, 7) is 1.44. The molecule has 0 radical (unpaired) electrons. The van der Waals surface area contributed by atoms with Gasteiger partial charge in [-0.25, -0.2) is 8.42 Å². The third-order valence-corrected chi connectivity index (χ3v) is 9.49. The minimum atomic E-state index is -4.21. The monoisotopic (exact) mass is 647 g/mol. The first-order chi connectivity index (χ1) is 22.7. The number of ether oxygens (including phenoxy) is 1. The van der Waals surface area contributed by atoms with Crippen molar-refractivity contribution in [1.82, 2.24) is 10.2 Å². The predicted octanol–water partition coefficient (Wildman–Crippen LogP) is 6.37. The molecule has 240 valence electrons. The van der Waals surface area contributed by atoms with Gasteiger partial charge in [0.15, 0.2) is 0 Å². The van der Waals surface area contributed by atoms with Crippen LogP contribution in [0.25, 0.3) is 0 Å². The molecule has 5 aromatic rings. The predicted molar refractivity (Wildman–Crippen MR) is 184 cm³/mol. The highest BCUT2D eigenvalue weighted by Crippen LogP contribution is 2.29. The number of likely N-dealkylation sites (N-methyl/N-ethyl adjacent to an activating group) is 1. The van der Waals surface area contributed by atoms with E-state index in [1.54, 1.807) is 36.4 Å². The average Bonchev–Trinajstić information content (AvgIpc) is 3.10. The third-order valence-electron chi connectivity index (χ3n) is 7.70. The van der Waals surface area contributed by atoms with Crippen molar-refractivity contribution in [3.05, 3.63) is 156 Å². The number of benzene rings is 5. The third kappa shape index (κ3) is 8.45. The van der Waals surface area contributed by atoms with E-state index in [0.29, 0.717) is 11.5 Å². The van der Waals surface area contributed by atoms with E-state index >= 15 is 0 Å². The zero-order valence-corrected chi connectivity index (χ0v) is 27.1. The van der Waals surface area contributed by atoms with E-state index in [-0.39, 0.29) is 29.5 Å². The van der Waals surface area contributed by atoms with Crippen molar-refractivity contribution in [2.24, 2.45) is 0 Å². The molecule has 9 heteroatoms. The van der Waals surface area contributed by atoms with Crippen LogP contribution in [0.3, 0.4) is 0 Å². The Labute approximate surface area is 276 Å². The molecular weight excluding hydrogens is 611 g/mol. The van der Waals surface area contributed by atoms with Crippen molar-refractivity contribution < 1.29 is 22.7 Å². The summed E-state index contributed by atoms with van der Waals surface area (Å²) >= 11 is 0. The number of rotatable bonds is 13. The maximum absolute atomic E-state index is 14.4. The second kappa shape index (κ2) is 15.2. The van der Waals surface area contributed by atoms with Crippen LogP contribution in [0.2, 0.25) is 0 Å². The Balaban J connectivity index is 1.53. The number of carbonyl (C=O) groups is 2. The number of aryl methyl sites for hydroxylation is 1. The van der Waals surface area contributed by atoms with Crippen molar-refractivity contribution in [2.75, 3.05) is 17.9 Å². The van der Waals surface area contributed by atoms with Crippen molar-refractivity contribution in [1.29, 1.82) is 0 Å². The fourth-order valence-electron chi connectivity index (χ4n) is 5.17. The second-order valence-corrected chi connectivity index (χ2v) is 12.9. The fraction of sp³-hybridized carbons (Fsp3) is 0.158. The molecule has 0 aliphatic heterocycles. The molecule has 0 bridgehead atoms. The Kier molecular flexibility index (Phi) is 10.7. The summed E-state index contributed by atoms with van der Waals surface area (Å²) in [5.41, 5.74) is 2.85. The molecule has 0 aliphatic rings. The van der Waals surface area contributed by atoms with Crippen LogP contribution in [0.15, 0.2) is 144 Å². The van der Waals surface area contributed by atoms with E-state index in [1.807, 2.05) is 97.9 Å². The summed E-state index contributed by atoms with van der Waals surface area (Å²) in [7, 11) is -2.68. The number of nitrogens with one attached hydrogen (secondary N) is 1. The average molecular weight is 648 g/mol. The number of carbonyl (C=O) groups excluding carboxylic acids is 2. The number of sulfonamides is 1. The standard InChI is InChI=1S/C38H37N3O5S/c1-29-18-24-35(25-19-29)47(44,45)41(32-20-22-34(23-21-32)46-33-16-10-5-11-17-33)28-37(42)40(27-31-14-8-4-9-15-31)36(38(43)39-2)26-30-12-6-3-7-13-30/h3-25,36H,26-28H2,1-2H3,(H,39,43)/t36-/m1/s1. The minimum absolute atomic E-state index is 0.0438. The normalized spacial score (nSPS) is 11.7. The zero-order valence-electron chi connectivity index (χ0n) is 26.3. The number of hydrogen-bond donors (Lipinski definition) is 1. The van der Waals surface area contributed by atoms with Gasteiger partial charge in [-0.05, 0) is 66.6 Å². The van der Waals surface area contributed by atoms with E-state index in [1.165, 1.54) is 24.1 Å². The molecule has 0 unspecified atom stereocenters. The van der Waals surface area contributed by atoms with Gasteiger partial charge in [0, 0.05) is 20.0 Å². The van der Waals surface area contributed by atoms with Crippen LogP contribution < -0.4 is 14.4 Å². The SMILES string of the molecule is CNC(=O)[C@@H](Cc1ccccc1)N(Cc1ccccc1)C(=O)CN(c1ccc(Oc2ccccc2)cc1)S(=O)(=O)c1ccc(C)cc1. The number of nitrogens with zero attached hydrogens (tertiary/aromatic N) is 2. The molecule has 1 atom stereocenters. The molecule has 0 heterocycles. The van der Waals surface area contributed by atoms with Gasteiger partial charge in [0.25, 0.3) is 10.0 Å². The summed E-state index contributed by atoms with van der Waals surface area (Å²) in [6, 6.07) is 40.1. The van der Waals surface area contributed by atoms with Gasteiger partial charge in [-0.1, -0.05) is 96.6 Å². The van der Waals surface area contributed by atoms with Gasteiger partial charge in [-0.15, -0.1) is 0 Å². The van der Waals surface area contributed by atoms with Crippen molar-refractivity contribution in [2.45, 2.75) is 30.8 Å². The summed E-state index contributed by atoms with van der Waals surface area (Å²) in [6.07, 6.45) is 0.245. The number of hydrogen-bond acceptors (Lipinski definition) is 5. The van der Waals surface area contributed by atoms with Crippen LogP contribution >= 0.6 is 0 Å². The van der Waals surface area contributed by atoms with Gasteiger partial charge in [-0.2, -0.15) is 0 Å². The Hall–Kier alpha value is -5.41. The summed E-state index contributed by atoms with van der Waals surface area (Å²) in [4.78, 5) is 29.3. The quantitative estimate of drug-likeness (QED) is 0.160. The van der Waals surface area contributed by atoms with Crippen LogP contribution in [-0.4, -0.2) is 44.8 Å². The molecule has 0 saturated carbocycles. The van der Waals surface area contributed by atoms with Crippen molar-refractivity contribution in [3.63, 3.8) is 0 Å². The van der Waals surface area contributed by atoms with E-state index in [0.717, 1.165) is 21.0 Å². The lowest BCUT2D eigenvalue weighted by molar-refractivity contribution is -0.139. The molecule has 47 heavy (non-hydrogen) atoms. The molecule has 1 N–H and O–H groups in total. The number of amides is 2. The molecule has 8 nitrogen and oxygen atoms in total. The smallest absolute Gasteiger partial charge is 0.264 e. The second-order valence-electron chi connectivity index (χ2n) is 11.1. The number of anilines is 1. The summed E-state index contributed by atoms with van der Waals surface area (Å²) in [5, 5.41) is 2.70. The molecule has 2 amide bonds. The van der Waals surface area contributed by atoms with Crippen molar-refractivity contribution in [3.8, 4) is 11.5 Å². The van der Waals surface area contributed by atoms with Gasteiger partial charge in [-0.3, -0.25) is 13.9 Å². The molecule has 5 rings (SSSR count). The first kappa shape index (κ1) is 33.0.